The van der Waals surface area contributed by atoms with Crippen molar-refractivity contribution in [2.24, 2.45) is 0 Å². The SMILES string of the molecule is FC(F)(F)c1nnc2ccc(N3CCN4CCCCC4C3)nn12. The zero-order chi connectivity index (χ0) is 16.0. The third kappa shape index (κ3) is 2.62. The van der Waals surface area contributed by atoms with E-state index in [1.165, 1.54) is 18.9 Å². The second-order valence-corrected chi connectivity index (χ2v) is 6.11. The van der Waals surface area contributed by atoms with Gasteiger partial charge in [-0.2, -0.15) is 17.7 Å². The van der Waals surface area contributed by atoms with Gasteiger partial charge in [0.15, 0.2) is 5.65 Å². The maximum atomic E-state index is 13.0. The van der Waals surface area contributed by atoms with Crippen LogP contribution >= 0.6 is 0 Å². The maximum absolute atomic E-state index is 13.0. The Kier molecular flexibility index (Phi) is 3.40. The Morgan fingerprint density at radius 2 is 1.91 bits per heavy atom. The number of alkyl halides is 3. The zero-order valence-electron chi connectivity index (χ0n) is 12.5. The number of anilines is 1. The number of halogens is 3. The highest BCUT2D eigenvalue weighted by molar-refractivity contribution is 5.46. The highest BCUT2D eigenvalue weighted by Crippen LogP contribution is 2.28. The molecule has 1 unspecified atom stereocenters. The number of piperidine rings is 1. The number of aromatic nitrogens is 4. The Balaban J connectivity index is 1.64. The molecule has 0 aliphatic carbocycles. The van der Waals surface area contributed by atoms with Crippen molar-refractivity contribution in [2.75, 3.05) is 31.1 Å². The lowest BCUT2D eigenvalue weighted by Gasteiger charge is -2.44. The molecule has 2 saturated heterocycles. The third-order valence-electron chi connectivity index (χ3n) is 4.66. The molecule has 2 aromatic rings. The number of rotatable bonds is 1. The first-order valence-corrected chi connectivity index (χ1v) is 7.81. The van der Waals surface area contributed by atoms with E-state index in [-0.39, 0.29) is 5.65 Å². The van der Waals surface area contributed by atoms with Crippen molar-refractivity contribution in [3.63, 3.8) is 0 Å². The van der Waals surface area contributed by atoms with Crippen LogP contribution in [0.5, 0.6) is 0 Å². The Morgan fingerprint density at radius 3 is 2.74 bits per heavy atom. The fraction of sp³-hybridized carbons (Fsp3) is 0.643. The number of nitrogens with zero attached hydrogens (tertiary/aromatic N) is 6. The molecule has 4 heterocycles. The molecule has 0 aromatic carbocycles. The lowest BCUT2D eigenvalue weighted by molar-refractivity contribution is -0.146. The molecular formula is C14H17F3N6. The highest BCUT2D eigenvalue weighted by atomic mass is 19.4. The molecule has 0 saturated carbocycles. The first-order valence-electron chi connectivity index (χ1n) is 7.81. The molecule has 124 valence electrons. The van der Waals surface area contributed by atoms with Crippen molar-refractivity contribution in [1.29, 1.82) is 0 Å². The summed E-state index contributed by atoms with van der Waals surface area (Å²) in [4.78, 5) is 4.53. The van der Waals surface area contributed by atoms with Gasteiger partial charge in [-0.3, -0.25) is 4.90 Å². The summed E-state index contributed by atoms with van der Waals surface area (Å²) < 4.78 is 39.7. The molecule has 1 atom stereocenters. The van der Waals surface area contributed by atoms with E-state index in [9.17, 15) is 13.2 Å². The summed E-state index contributed by atoms with van der Waals surface area (Å²) in [5.74, 6) is -0.529. The molecule has 6 nitrogen and oxygen atoms in total. The number of hydrogen-bond donors (Lipinski definition) is 0. The largest absolute Gasteiger partial charge is 0.453 e. The molecule has 4 rings (SSSR count). The molecule has 2 aromatic heterocycles. The number of piperazine rings is 1. The van der Waals surface area contributed by atoms with Crippen molar-refractivity contribution in [3.8, 4) is 0 Å². The predicted molar refractivity (Wildman–Crippen MR) is 77.2 cm³/mol. The normalized spacial score (nSPS) is 23.3. The molecule has 0 radical (unpaired) electrons. The molecule has 2 aliphatic heterocycles. The van der Waals surface area contributed by atoms with Gasteiger partial charge in [0.05, 0.1) is 0 Å². The van der Waals surface area contributed by atoms with Gasteiger partial charge in [0, 0.05) is 25.7 Å². The van der Waals surface area contributed by atoms with Crippen molar-refractivity contribution in [2.45, 2.75) is 31.5 Å². The van der Waals surface area contributed by atoms with Crippen LogP contribution in [-0.4, -0.2) is 56.9 Å². The van der Waals surface area contributed by atoms with Gasteiger partial charge in [-0.25, -0.2) is 0 Å². The fourth-order valence-corrected chi connectivity index (χ4v) is 3.49. The predicted octanol–water partition coefficient (Wildman–Crippen LogP) is 1.82. The molecule has 0 spiro atoms. The average Bonchev–Trinajstić information content (AvgIpc) is 2.97. The lowest BCUT2D eigenvalue weighted by atomic mass is 9.99. The van der Waals surface area contributed by atoms with Crippen LogP contribution in [0.2, 0.25) is 0 Å². The van der Waals surface area contributed by atoms with Gasteiger partial charge in [-0.15, -0.1) is 15.3 Å². The Bertz CT molecular complexity index is 712. The lowest BCUT2D eigenvalue weighted by Crippen LogP contribution is -2.55. The van der Waals surface area contributed by atoms with Gasteiger partial charge in [0.1, 0.15) is 5.82 Å². The van der Waals surface area contributed by atoms with E-state index >= 15 is 0 Å². The highest BCUT2D eigenvalue weighted by Gasteiger charge is 2.38. The van der Waals surface area contributed by atoms with Gasteiger partial charge >= 0.3 is 6.18 Å². The number of hydrogen-bond acceptors (Lipinski definition) is 5. The zero-order valence-corrected chi connectivity index (χ0v) is 12.5. The third-order valence-corrected chi connectivity index (χ3v) is 4.66. The van der Waals surface area contributed by atoms with E-state index < -0.39 is 12.0 Å². The summed E-state index contributed by atoms with van der Waals surface area (Å²) in [6.45, 7) is 3.63. The first kappa shape index (κ1) is 14.7. The minimum Gasteiger partial charge on any atom is -0.352 e. The van der Waals surface area contributed by atoms with Crippen molar-refractivity contribution >= 4 is 11.5 Å². The van der Waals surface area contributed by atoms with Crippen LogP contribution in [0, 0.1) is 0 Å². The quantitative estimate of drug-likeness (QED) is 0.800. The van der Waals surface area contributed by atoms with Crippen LogP contribution in [0.3, 0.4) is 0 Å². The van der Waals surface area contributed by atoms with Crippen molar-refractivity contribution in [3.05, 3.63) is 18.0 Å². The van der Waals surface area contributed by atoms with Gasteiger partial charge in [0.2, 0.25) is 0 Å². The Morgan fingerprint density at radius 1 is 1.04 bits per heavy atom. The van der Waals surface area contributed by atoms with Crippen LogP contribution in [-0.2, 0) is 6.18 Å². The molecular weight excluding hydrogens is 309 g/mol. The van der Waals surface area contributed by atoms with Crippen LogP contribution in [0.4, 0.5) is 19.0 Å². The Labute approximate surface area is 130 Å². The van der Waals surface area contributed by atoms with Crippen molar-refractivity contribution < 1.29 is 13.2 Å². The molecule has 9 heteroatoms. The minimum atomic E-state index is -4.56. The van der Waals surface area contributed by atoms with E-state index in [0.717, 1.165) is 37.1 Å². The minimum absolute atomic E-state index is 0.109. The fourth-order valence-electron chi connectivity index (χ4n) is 3.49. The summed E-state index contributed by atoms with van der Waals surface area (Å²) in [5, 5.41) is 10.9. The first-order chi connectivity index (χ1) is 11.0. The van der Waals surface area contributed by atoms with Gasteiger partial charge in [-0.1, -0.05) is 6.42 Å². The van der Waals surface area contributed by atoms with E-state index in [2.05, 4.69) is 25.1 Å². The maximum Gasteiger partial charge on any atom is 0.453 e. The van der Waals surface area contributed by atoms with Gasteiger partial charge in [-0.05, 0) is 31.5 Å². The van der Waals surface area contributed by atoms with Crippen LogP contribution in [0.1, 0.15) is 25.1 Å². The van der Waals surface area contributed by atoms with Crippen LogP contribution < -0.4 is 4.90 Å². The van der Waals surface area contributed by atoms with Crippen molar-refractivity contribution in [1.82, 2.24) is 24.7 Å². The number of fused-ring (bicyclic) bond motifs is 2. The molecule has 0 amide bonds. The van der Waals surface area contributed by atoms with E-state index in [1.807, 2.05) is 0 Å². The monoisotopic (exact) mass is 326 g/mol. The summed E-state index contributed by atoms with van der Waals surface area (Å²) >= 11 is 0. The molecule has 0 bridgehead atoms. The smallest absolute Gasteiger partial charge is 0.352 e. The van der Waals surface area contributed by atoms with E-state index in [1.54, 1.807) is 6.07 Å². The molecule has 2 fully saturated rings. The van der Waals surface area contributed by atoms with Gasteiger partial charge < -0.3 is 4.90 Å². The van der Waals surface area contributed by atoms with Crippen LogP contribution in [0.15, 0.2) is 12.1 Å². The summed E-state index contributed by atoms with van der Waals surface area (Å²) in [6, 6.07) is 3.73. The summed E-state index contributed by atoms with van der Waals surface area (Å²) in [6.07, 6.45) is -0.978. The molecule has 23 heavy (non-hydrogen) atoms. The second-order valence-electron chi connectivity index (χ2n) is 6.11. The summed E-state index contributed by atoms with van der Waals surface area (Å²) in [7, 11) is 0. The van der Waals surface area contributed by atoms with Gasteiger partial charge in [0.25, 0.3) is 5.82 Å². The van der Waals surface area contributed by atoms with Crippen LogP contribution in [0.25, 0.3) is 5.65 Å². The second kappa shape index (κ2) is 5.33. The average molecular weight is 326 g/mol. The van der Waals surface area contributed by atoms with E-state index in [4.69, 9.17) is 0 Å². The topological polar surface area (TPSA) is 49.6 Å². The standard InChI is InChI=1S/C14H17F3N6/c15-14(16,17)13-19-18-11-4-5-12(20-23(11)13)22-8-7-21-6-2-1-3-10(21)9-22/h4-5,10H,1-3,6-9H2. The van der Waals surface area contributed by atoms with E-state index in [0.29, 0.717) is 11.9 Å². The molecule has 2 aliphatic rings. The molecule has 0 N–H and O–H groups in total. The summed E-state index contributed by atoms with van der Waals surface area (Å²) in [5.41, 5.74) is 0.109. The Hall–Kier alpha value is -1.90.